The predicted molar refractivity (Wildman–Crippen MR) is 83.8 cm³/mol. The van der Waals surface area contributed by atoms with E-state index in [0.717, 1.165) is 12.1 Å². The summed E-state index contributed by atoms with van der Waals surface area (Å²) in [4.78, 5) is 8.48. The second kappa shape index (κ2) is 4.96. The van der Waals surface area contributed by atoms with Crippen LogP contribution in [0.2, 0.25) is 5.02 Å². The van der Waals surface area contributed by atoms with Crippen LogP contribution in [0.1, 0.15) is 5.69 Å². The van der Waals surface area contributed by atoms with Gasteiger partial charge in [-0.25, -0.2) is 18.4 Å². The summed E-state index contributed by atoms with van der Waals surface area (Å²) in [5.74, 6) is -1.93. The van der Waals surface area contributed by atoms with Gasteiger partial charge in [-0.1, -0.05) is 11.6 Å². The highest BCUT2D eigenvalue weighted by Crippen LogP contribution is 2.34. The van der Waals surface area contributed by atoms with Gasteiger partial charge in [-0.3, -0.25) is 4.98 Å². The molecule has 7 heteroatoms. The molecule has 4 nitrogen and oxygen atoms in total. The van der Waals surface area contributed by atoms with E-state index in [-0.39, 0.29) is 5.52 Å². The van der Waals surface area contributed by atoms with Crippen LogP contribution >= 0.6 is 11.6 Å². The van der Waals surface area contributed by atoms with Crippen molar-refractivity contribution in [1.82, 2.24) is 19.7 Å². The van der Waals surface area contributed by atoms with Crippen LogP contribution in [-0.2, 0) is 0 Å². The van der Waals surface area contributed by atoms with Crippen molar-refractivity contribution < 1.29 is 8.78 Å². The second-order valence-corrected chi connectivity index (χ2v) is 5.49. The molecule has 3 heterocycles. The molecule has 0 spiro atoms. The molecule has 0 atom stereocenters. The fourth-order valence-corrected chi connectivity index (χ4v) is 2.96. The zero-order chi connectivity index (χ0) is 16.1. The number of aromatic nitrogens is 4. The Hall–Kier alpha value is -2.60. The molecule has 0 amide bonds. The number of hydrogen-bond acceptors (Lipinski definition) is 3. The molecule has 4 aromatic rings. The third-order valence-corrected chi connectivity index (χ3v) is 4.04. The Balaban J connectivity index is 2.15. The van der Waals surface area contributed by atoms with Crippen molar-refractivity contribution in [2.24, 2.45) is 0 Å². The first-order valence-electron chi connectivity index (χ1n) is 6.80. The summed E-state index contributed by atoms with van der Waals surface area (Å²) >= 11 is 6.41. The number of nitrogens with zero attached hydrogens (tertiary/aromatic N) is 4. The molecular weight excluding hydrogens is 322 g/mol. The van der Waals surface area contributed by atoms with Gasteiger partial charge in [0.2, 0.25) is 0 Å². The van der Waals surface area contributed by atoms with Gasteiger partial charge >= 0.3 is 0 Å². The van der Waals surface area contributed by atoms with E-state index < -0.39 is 11.6 Å². The predicted octanol–water partition coefficient (Wildman–Crippen LogP) is 4.21. The Bertz CT molecular complexity index is 1060. The summed E-state index contributed by atoms with van der Waals surface area (Å²) in [6.07, 6.45) is 3.28. The molecule has 0 unspecified atom stereocenters. The average molecular weight is 331 g/mol. The number of halogens is 3. The molecule has 114 valence electrons. The fourth-order valence-electron chi connectivity index (χ4n) is 2.59. The van der Waals surface area contributed by atoms with Crippen molar-refractivity contribution in [2.75, 3.05) is 0 Å². The zero-order valence-electron chi connectivity index (χ0n) is 11.9. The Morgan fingerprint density at radius 2 is 1.96 bits per heavy atom. The Morgan fingerprint density at radius 3 is 2.70 bits per heavy atom. The molecule has 23 heavy (non-hydrogen) atoms. The molecule has 0 saturated heterocycles. The number of pyridine rings is 2. The van der Waals surface area contributed by atoms with Gasteiger partial charge in [0.1, 0.15) is 0 Å². The molecule has 1 aromatic carbocycles. The van der Waals surface area contributed by atoms with E-state index in [1.807, 2.05) is 6.07 Å². The molecule has 3 aromatic heterocycles. The largest absolute Gasteiger partial charge is 0.262 e. The summed E-state index contributed by atoms with van der Waals surface area (Å²) in [7, 11) is 0. The molecule has 0 radical (unpaired) electrons. The maximum Gasteiger partial charge on any atom is 0.165 e. The van der Waals surface area contributed by atoms with Crippen LogP contribution in [0.5, 0.6) is 0 Å². The van der Waals surface area contributed by atoms with Gasteiger partial charge in [0, 0.05) is 17.6 Å². The van der Waals surface area contributed by atoms with Gasteiger partial charge < -0.3 is 0 Å². The Labute approximate surface area is 134 Å². The SMILES string of the molecule is Cc1nn(-c2cccnc2)c2nc3cc(F)c(F)cc3c(Cl)c12. The first-order chi connectivity index (χ1) is 11.1. The van der Waals surface area contributed by atoms with E-state index in [9.17, 15) is 8.78 Å². The van der Waals surface area contributed by atoms with Gasteiger partial charge in [-0.2, -0.15) is 5.10 Å². The van der Waals surface area contributed by atoms with Crippen LogP contribution in [0.25, 0.3) is 27.6 Å². The summed E-state index contributed by atoms with van der Waals surface area (Å²) < 4.78 is 28.6. The quantitative estimate of drug-likeness (QED) is 0.525. The van der Waals surface area contributed by atoms with Crippen LogP contribution in [0.4, 0.5) is 8.78 Å². The van der Waals surface area contributed by atoms with Crippen LogP contribution < -0.4 is 0 Å². The molecule has 0 fully saturated rings. The molecule has 0 aliphatic carbocycles. The monoisotopic (exact) mass is 330 g/mol. The third kappa shape index (κ3) is 2.06. The lowest BCUT2D eigenvalue weighted by atomic mass is 10.1. The first kappa shape index (κ1) is 14.0. The number of hydrogen-bond donors (Lipinski definition) is 0. The lowest BCUT2D eigenvalue weighted by molar-refractivity contribution is 0.510. The summed E-state index contributed by atoms with van der Waals surface area (Å²) in [5, 5.41) is 5.69. The van der Waals surface area contributed by atoms with Crippen molar-refractivity contribution >= 4 is 33.5 Å². The second-order valence-electron chi connectivity index (χ2n) is 5.12. The average Bonchev–Trinajstić information content (AvgIpc) is 2.87. The van der Waals surface area contributed by atoms with Gasteiger partial charge in [-0.15, -0.1) is 0 Å². The normalized spacial score (nSPS) is 11.5. The Morgan fingerprint density at radius 1 is 1.17 bits per heavy atom. The third-order valence-electron chi connectivity index (χ3n) is 3.65. The van der Waals surface area contributed by atoms with Crippen LogP contribution in [0.15, 0.2) is 36.7 Å². The Kier molecular flexibility index (Phi) is 3.02. The fraction of sp³-hybridized carbons (Fsp3) is 0.0625. The standard InChI is InChI=1S/C16H9ClF2N4/c1-8-14-15(17)10-5-11(18)12(19)6-13(10)21-16(14)23(22-8)9-3-2-4-20-7-9/h2-7H,1H3. The topological polar surface area (TPSA) is 43.6 Å². The molecule has 0 N–H and O–H groups in total. The minimum Gasteiger partial charge on any atom is -0.262 e. The lowest BCUT2D eigenvalue weighted by Gasteiger charge is -2.05. The smallest absolute Gasteiger partial charge is 0.165 e. The van der Waals surface area contributed by atoms with Crippen molar-refractivity contribution in [3.05, 3.63) is 59.0 Å². The minimum absolute atomic E-state index is 0.270. The van der Waals surface area contributed by atoms with Crippen LogP contribution in [0.3, 0.4) is 0 Å². The van der Waals surface area contributed by atoms with Crippen molar-refractivity contribution in [1.29, 1.82) is 0 Å². The highest BCUT2D eigenvalue weighted by Gasteiger charge is 2.18. The highest BCUT2D eigenvalue weighted by atomic mass is 35.5. The maximum absolute atomic E-state index is 13.5. The molecule has 0 aliphatic rings. The molecule has 0 bridgehead atoms. The van der Waals surface area contributed by atoms with E-state index in [1.165, 1.54) is 0 Å². The van der Waals surface area contributed by atoms with E-state index in [0.29, 0.717) is 32.8 Å². The van der Waals surface area contributed by atoms with Crippen molar-refractivity contribution in [3.8, 4) is 5.69 Å². The number of aryl methyl sites for hydroxylation is 1. The summed E-state index contributed by atoms with van der Waals surface area (Å²) in [6.45, 7) is 1.79. The summed E-state index contributed by atoms with van der Waals surface area (Å²) in [5.41, 5.74) is 2.09. The summed E-state index contributed by atoms with van der Waals surface area (Å²) in [6, 6.07) is 5.69. The molecule has 0 aliphatic heterocycles. The lowest BCUT2D eigenvalue weighted by Crippen LogP contribution is -1.99. The van der Waals surface area contributed by atoms with Gasteiger partial charge in [0.25, 0.3) is 0 Å². The van der Waals surface area contributed by atoms with E-state index in [1.54, 1.807) is 30.1 Å². The van der Waals surface area contributed by atoms with Crippen LogP contribution in [0, 0.1) is 18.6 Å². The van der Waals surface area contributed by atoms with E-state index in [4.69, 9.17) is 11.6 Å². The zero-order valence-corrected chi connectivity index (χ0v) is 12.6. The van der Waals surface area contributed by atoms with E-state index >= 15 is 0 Å². The van der Waals surface area contributed by atoms with Gasteiger partial charge in [0.05, 0.1) is 33.5 Å². The molecule has 4 rings (SSSR count). The highest BCUT2D eigenvalue weighted by molar-refractivity contribution is 6.40. The number of rotatable bonds is 1. The van der Waals surface area contributed by atoms with Gasteiger partial charge in [-0.05, 0) is 25.1 Å². The van der Waals surface area contributed by atoms with Gasteiger partial charge in [0.15, 0.2) is 17.3 Å². The maximum atomic E-state index is 13.5. The number of fused-ring (bicyclic) bond motifs is 2. The minimum atomic E-state index is -0.968. The first-order valence-corrected chi connectivity index (χ1v) is 7.18. The number of benzene rings is 1. The molecular formula is C16H9ClF2N4. The van der Waals surface area contributed by atoms with E-state index in [2.05, 4.69) is 15.1 Å². The van der Waals surface area contributed by atoms with Crippen LogP contribution in [-0.4, -0.2) is 19.7 Å². The van der Waals surface area contributed by atoms with Crippen molar-refractivity contribution in [3.63, 3.8) is 0 Å². The van der Waals surface area contributed by atoms with Crippen molar-refractivity contribution in [2.45, 2.75) is 6.92 Å². The molecule has 0 saturated carbocycles.